The minimum absolute atomic E-state index is 0.0883. The Morgan fingerprint density at radius 1 is 0.923 bits per heavy atom. The van der Waals surface area contributed by atoms with Gasteiger partial charge in [-0.25, -0.2) is 0 Å². The molecule has 0 atom stereocenters. The molecule has 3 rings (SSSR count). The molecule has 0 unspecified atom stereocenters. The lowest BCUT2D eigenvalue weighted by Crippen LogP contribution is -2.55. The molecule has 0 N–H and O–H groups in total. The molecule has 0 saturated carbocycles. The maximum Gasteiger partial charge on any atom is 0.265 e. The Morgan fingerprint density at radius 2 is 1.50 bits per heavy atom. The zero-order valence-corrected chi connectivity index (χ0v) is 15.9. The van der Waals surface area contributed by atoms with Gasteiger partial charge in [0.2, 0.25) is 5.88 Å². The first-order valence-electron chi connectivity index (χ1n) is 8.67. The van der Waals surface area contributed by atoms with E-state index in [1.54, 1.807) is 6.08 Å². The average Bonchev–Trinajstić information content (AvgIpc) is 2.99. The number of rotatable bonds is 4. The first-order chi connectivity index (χ1) is 12.5. The molecule has 26 heavy (non-hydrogen) atoms. The van der Waals surface area contributed by atoms with E-state index in [9.17, 15) is 9.59 Å². The number of fused-ring (bicyclic) bond motifs is 1. The van der Waals surface area contributed by atoms with Gasteiger partial charge in [-0.2, -0.15) is 0 Å². The molecule has 2 amide bonds. The topological polar surface area (TPSA) is 53.1 Å². The Balaban J connectivity index is 1.96. The number of thiocarbonyl (C=S) groups is 1. The van der Waals surface area contributed by atoms with Crippen molar-refractivity contribution in [3.8, 4) is 5.75 Å². The summed E-state index contributed by atoms with van der Waals surface area (Å²) in [6, 6.07) is 7.71. The molecule has 7 heteroatoms. The minimum atomic E-state index is -0.373. The van der Waals surface area contributed by atoms with Crippen molar-refractivity contribution < 1.29 is 14.3 Å². The van der Waals surface area contributed by atoms with Crippen molar-refractivity contribution in [2.45, 2.75) is 20.8 Å². The van der Waals surface area contributed by atoms with Gasteiger partial charge in [-0.1, -0.05) is 12.1 Å². The van der Waals surface area contributed by atoms with E-state index >= 15 is 0 Å². The quantitative estimate of drug-likeness (QED) is 0.463. The molecule has 1 aromatic carbocycles. The van der Waals surface area contributed by atoms with Gasteiger partial charge in [-0.3, -0.25) is 19.4 Å². The Morgan fingerprint density at radius 3 is 2.08 bits per heavy atom. The second kappa shape index (κ2) is 7.29. The summed E-state index contributed by atoms with van der Waals surface area (Å²) < 4.78 is 5.87. The van der Waals surface area contributed by atoms with Crippen LogP contribution in [0.1, 0.15) is 20.8 Å². The number of para-hydroxylation sites is 2. The number of likely N-dealkylation sites (N-methyl/N-ethyl adjacent to an activating group) is 2. The minimum Gasteiger partial charge on any atom is -0.439 e. The number of nitrogens with zero attached hydrogens (tertiary/aromatic N) is 3. The monoisotopic (exact) mass is 371 g/mol. The van der Waals surface area contributed by atoms with E-state index in [-0.39, 0.29) is 22.5 Å². The SMILES string of the molecule is CCN1C(=O)C(=CC=C2Oc3ccccc3N2CC)C(=O)N(CC)C1=S. The second-order valence-corrected chi connectivity index (χ2v) is 6.15. The lowest BCUT2D eigenvalue weighted by atomic mass is 10.1. The molecule has 136 valence electrons. The highest BCUT2D eigenvalue weighted by Crippen LogP contribution is 2.38. The maximum atomic E-state index is 12.7. The second-order valence-electron chi connectivity index (χ2n) is 5.78. The number of carbonyl (C=O) groups is 2. The summed E-state index contributed by atoms with van der Waals surface area (Å²) >= 11 is 5.26. The van der Waals surface area contributed by atoms with Crippen molar-refractivity contribution in [2.24, 2.45) is 0 Å². The van der Waals surface area contributed by atoms with E-state index in [0.717, 1.165) is 11.4 Å². The molecule has 0 aliphatic carbocycles. The fourth-order valence-electron chi connectivity index (χ4n) is 3.06. The van der Waals surface area contributed by atoms with Crippen LogP contribution in [0.4, 0.5) is 5.69 Å². The van der Waals surface area contributed by atoms with Gasteiger partial charge in [-0.05, 0) is 57.3 Å². The number of allylic oxidation sites excluding steroid dienone is 2. The maximum absolute atomic E-state index is 12.7. The zero-order chi connectivity index (χ0) is 18.8. The third-order valence-electron chi connectivity index (χ3n) is 4.39. The van der Waals surface area contributed by atoms with Crippen LogP contribution >= 0.6 is 12.2 Å². The van der Waals surface area contributed by atoms with Crippen molar-refractivity contribution >= 4 is 34.8 Å². The van der Waals surface area contributed by atoms with Crippen LogP contribution in [0.15, 0.2) is 47.9 Å². The van der Waals surface area contributed by atoms with Crippen LogP contribution in [-0.4, -0.2) is 46.4 Å². The molecule has 1 aromatic rings. The Labute approximate surface area is 158 Å². The largest absolute Gasteiger partial charge is 0.439 e. The van der Waals surface area contributed by atoms with Gasteiger partial charge in [0.15, 0.2) is 10.9 Å². The Hall–Kier alpha value is -2.67. The van der Waals surface area contributed by atoms with Crippen LogP contribution in [0.2, 0.25) is 0 Å². The lowest BCUT2D eigenvalue weighted by Gasteiger charge is -2.35. The van der Waals surface area contributed by atoms with Crippen LogP contribution in [0.3, 0.4) is 0 Å². The highest BCUT2D eigenvalue weighted by Gasteiger charge is 2.37. The van der Waals surface area contributed by atoms with E-state index in [0.29, 0.717) is 25.5 Å². The molecule has 2 aliphatic heterocycles. The number of hydrogen-bond acceptors (Lipinski definition) is 5. The summed E-state index contributed by atoms with van der Waals surface area (Å²) in [5.74, 6) is 0.595. The molecule has 2 heterocycles. The number of hydrogen-bond donors (Lipinski definition) is 0. The van der Waals surface area contributed by atoms with Crippen LogP contribution < -0.4 is 9.64 Å². The van der Waals surface area contributed by atoms with Gasteiger partial charge < -0.3 is 9.64 Å². The van der Waals surface area contributed by atoms with Gasteiger partial charge in [0.25, 0.3) is 11.8 Å². The predicted molar refractivity (Wildman–Crippen MR) is 104 cm³/mol. The van der Waals surface area contributed by atoms with E-state index in [2.05, 4.69) is 0 Å². The Kier molecular flexibility index (Phi) is 5.08. The smallest absolute Gasteiger partial charge is 0.265 e. The summed E-state index contributed by atoms with van der Waals surface area (Å²) in [6.45, 7) is 7.22. The number of amides is 2. The fourth-order valence-corrected chi connectivity index (χ4v) is 3.48. The molecule has 6 nitrogen and oxygen atoms in total. The molecule has 1 saturated heterocycles. The predicted octanol–water partition coefficient (Wildman–Crippen LogP) is 2.67. The summed E-state index contributed by atoms with van der Waals surface area (Å²) in [5, 5.41) is 0.259. The fraction of sp³-hybridized carbons (Fsp3) is 0.316. The number of ether oxygens (including phenoxy) is 1. The van der Waals surface area contributed by atoms with Gasteiger partial charge in [0, 0.05) is 19.6 Å². The zero-order valence-electron chi connectivity index (χ0n) is 15.1. The molecular weight excluding hydrogens is 350 g/mol. The number of anilines is 1. The van der Waals surface area contributed by atoms with Gasteiger partial charge in [-0.15, -0.1) is 0 Å². The van der Waals surface area contributed by atoms with Gasteiger partial charge in [0.05, 0.1) is 5.69 Å². The van der Waals surface area contributed by atoms with Crippen LogP contribution in [0.5, 0.6) is 5.75 Å². The van der Waals surface area contributed by atoms with E-state index in [4.69, 9.17) is 17.0 Å². The molecule has 0 radical (unpaired) electrons. The molecule has 1 fully saturated rings. The highest BCUT2D eigenvalue weighted by molar-refractivity contribution is 7.80. The summed E-state index contributed by atoms with van der Waals surface area (Å²) in [5.41, 5.74) is 1.05. The summed E-state index contributed by atoms with van der Waals surface area (Å²) in [7, 11) is 0. The first kappa shape index (κ1) is 18.1. The average molecular weight is 371 g/mol. The standard InChI is InChI=1S/C19H21N3O3S/c1-4-20-14-9-7-8-10-15(14)25-16(20)12-11-13-17(23)21(5-2)19(26)22(6-3)18(13)24/h7-12H,4-6H2,1-3H3. The van der Waals surface area contributed by atoms with Crippen molar-refractivity contribution in [3.63, 3.8) is 0 Å². The van der Waals surface area contributed by atoms with Crippen LogP contribution in [0, 0.1) is 0 Å². The normalized spacial score (nSPS) is 18.6. The first-order valence-corrected chi connectivity index (χ1v) is 9.08. The van der Waals surface area contributed by atoms with Crippen molar-refractivity contribution in [1.29, 1.82) is 0 Å². The van der Waals surface area contributed by atoms with E-state index < -0.39 is 0 Å². The molecular formula is C19H21N3O3S. The summed E-state index contributed by atoms with van der Waals surface area (Å²) in [4.78, 5) is 30.2. The van der Waals surface area contributed by atoms with Gasteiger partial charge in [0.1, 0.15) is 5.57 Å². The Bertz CT molecular complexity index is 803. The van der Waals surface area contributed by atoms with Crippen LogP contribution in [0.25, 0.3) is 0 Å². The number of benzene rings is 1. The molecule has 0 spiro atoms. The van der Waals surface area contributed by atoms with Crippen molar-refractivity contribution in [1.82, 2.24) is 9.80 Å². The van der Waals surface area contributed by atoms with Gasteiger partial charge >= 0.3 is 0 Å². The van der Waals surface area contributed by atoms with Crippen molar-refractivity contribution in [2.75, 3.05) is 24.5 Å². The lowest BCUT2D eigenvalue weighted by molar-refractivity contribution is -0.133. The molecule has 2 aliphatic rings. The summed E-state index contributed by atoms with van der Waals surface area (Å²) in [6.07, 6.45) is 3.20. The van der Waals surface area contributed by atoms with Crippen molar-refractivity contribution in [3.05, 3.63) is 47.9 Å². The van der Waals surface area contributed by atoms with Crippen LogP contribution in [-0.2, 0) is 9.59 Å². The molecule has 0 bridgehead atoms. The highest BCUT2D eigenvalue weighted by atomic mass is 32.1. The van der Waals surface area contributed by atoms with E-state index in [1.165, 1.54) is 15.9 Å². The molecule has 0 aromatic heterocycles. The third-order valence-corrected chi connectivity index (χ3v) is 4.83. The number of carbonyl (C=O) groups excluding carboxylic acids is 2. The third kappa shape index (κ3) is 2.88. The van der Waals surface area contributed by atoms with E-state index in [1.807, 2.05) is 49.9 Å².